The number of fused-ring (bicyclic) bond motifs is 5. The molecule has 11 rings (SSSR count). The van der Waals surface area contributed by atoms with Crippen LogP contribution >= 0.6 is 0 Å². The van der Waals surface area contributed by atoms with Crippen molar-refractivity contribution in [2.45, 2.75) is 113 Å². The highest BCUT2D eigenvalue weighted by atomic mass is 16.5. The summed E-state index contributed by atoms with van der Waals surface area (Å²) in [7, 11) is 9.04. The molecule has 0 aromatic heterocycles. The lowest BCUT2D eigenvalue weighted by Gasteiger charge is -2.40. The smallest absolute Gasteiger partial charge is 0.102 e. The van der Waals surface area contributed by atoms with Crippen molar-refractivity contribution in [3.63, 3.8) is 0 Å². The van der Waals surface area contributed by atoms with Crippen LogP contribution in [0.3, 0.4) is 0 Å². The second kappa shape index (κ2) is 38.7. The minimum Gasteiger partial charge on any atom is -0.399 e. The second-order valence-corrected chi connectivity index (χ2v) is 30.5. The van der Waals surface area contributed by atoms with E-state index in [0.717, 1.165) is 177 Å². The number of hydrogen-bond acceptors (Lipinski definition) is 13. The number of anilines is 10. The first-order valence-corrected chi connectivity index (χ1v) is 38.7. The predicted molar refractivity (Wildman–Crippen MR) is 425 cm³/mol. The Morgan fingerprint density at radius 2 is 0.667 bits per heavy atom. The van der Waals surface area contributed by atoms with E-state index in [-0.39, 0.29) is 13.2 Å². The van der Waals surface area contributed by atoms with E-state index in [9.17, 15) is 5.11 Å². The van der Waals surface area contributed by atoms with Crippen LogP contribution in [0.15, 0.2) is 91.0 Å². The van der Waals surface area contributed by atoms with Crippen molar-refractivity contribution in [2.24, 2.45) is 0 Å². The number of aryl methyl sites for hydroxylation is 5. The molecule has 99 heavy (non-hydrogen) atoms. The lowest BCUT2D eigenvalue weighted by molar-refractivity contribution is -0.923. The standard InChI is InChI=1S/C17H30N3O.C17H30N3.C16H26N3O.C16H28N3.C15H26N3O/c1-3-20(4-2,12-13-21)11-10-19-9-5-6-15-7-8-16(18)14-17(15)19;1-4-20(5-2,6-3)13-12-19-11-7-8-15-9-10-16(18)14-17(15)19;1-19(9-11-20-12-10-19)8-7-18-6-2-3-14-4-5-15(17)13-16(14)18;1-4-19(3,5-2)12-11-18-10-6-7-14-8-9-15(17)13-16(14)18;1-18(2,10-11-19)9-8-17-7-3-4-13-5-6-14(16)12-15(13)17/h7-8,14,21H,3-6,9-13,18H2,1-2H3;9-10,14H,4-8,11-13,18H2,1-3H3;4-5,13H,2-3,6-12,17H2,1H3;8-9,13H,4-7,10-12,17H2,1-3H3;5-6,12,19H,3-4,7-11,16H2,1-2H3/q5*+1. The quantitative estimate of drug-likeness (QED) is 0.0204. The first-order chi connectivity index (χ1) is 47.5. The van der Waals surface area contributed by atoms with Crippen molar-refractivity contribution in [3.8, 4) is 0 Å². The van der Waals surface area contributed by atoms with E-state index in [2.05, 4.69) is 162 Å². The Balaban J connectivity index is 0.000000174. The maximum Gasteiger partial charge on any atom is 0.102 e. The van der Waals surface area contributed by atoms with Gasteiger partial charge in [0.15, 0.2) is 0 Å². The predicted octanol–water partition coefficient (Wildman–Crippen LogP) is 9.86. The van der Waals surface area contributed by atoms with E-state index in [1.165, 1.54) is 178 Å². The first-order valence-electron chi connectivity index (χ1n) is 38.7. The molecule has 552 valence electrons. The van der Waals surface area contributed by atoms with Gasteiger partial charge in [0.1, 0.15) is 26.2 Å². The molecule has 1 fully saturated rings. The van der Waals surface area contributed by atoms with Crippen LogP contribution in [0.2, 0.25) is 0 Å². The molecule has 0 aliphatic carbocycles. The molecule has 18 heteroatoms. The fourth-order valence-electron chi connectivity index (χ4n) is 15.5. The van der Waals surface area contributed by atoms with Crippen molar-refractivity contribution in [1.29, 1.82) is 0 Å². The molecule has 18 nitrogen and oxygen atoms in total. The van der Waals surface area contributed by atoms with Gasteiger partial charge in [0.05, 0.1) is 166 Å². The molecule has 0 spiro atoms. The molecule has 1 saturated heterocycles. The average molecular weight is 1370 g/mol. The van der Waals surface area contributed by atoms with E-state index in [4.69, 9.17) is 38.5 Å². The van der Waals surface area contributed by atoms with E-state index in [0.29, 0.717) is 0 Å². The van der Waals surface area contributed by atoms with Gasteiger partial charge in [-0.05, 0) is 201 Å². The maximum absolute atomic E-state index is 9.35. The van der Waals surface area contributed by atoms with E-state index < -0.39 is 0 Å². The highest BCUT2D eigenvalue weighted by molar-refractivity contribution is 5.66. The molecule has 5 aromatic carbocycles. The molecule has 0 radical (unpaired) electrons. The van der Waals surface area contributed by atoms with Crippen LogP contribution in [0.1, 0.15) is 108 Å². The van der Waals surface area contributed by atoms with Gasteiger partial charge in [-0.3, -0.25) is 0 Å². The minimum absolute atomic E-state index is 0.247. The topological polar surface area (TPSA) is 196 Å². The summed E-state index contributed by atoms with van der Waals surface area (Å²) >= 11 is 0. The highest BCUT2D eigenvalue weighted by Crippen LogP contribution is 2.34. The number of aliphatic hydroxyl groups is 2. The Morgan fingerprint density at radius 3 is 0.970 bits per heavy atom. The van der Waals surface area contributed by atoms with Crippen LogP contribution < -0.4 is 53.2 Å². The third-order valence-corrected chi connectivity index (χ3v) is 23.8. The normalized spacial score (nSPS) is 16.6. The summed E-state index contributed by atoms with van der Waals surface area (Å²) < 4.78 is 10.8. The van der Waals surface area contributed by atoms with Gasteiger partial charge in [0.2, 0.25) is 0 Å². The van der Waals surface area contributed by atoms with Gasteiger partial charge < -0.3 is 90.5 Å². The summed E-state index contributed by atoms with van der Waals surface area (Å²) in [6, 6.07) is 31.7. The molecule has 12 N–H and O–H groups in total. The van der Waals surface area contributed by atoms with Gasteiger partial charge >= 0.3 is 0 Å². The van der Waals surface area contributed by atoms with Gasteiger partial charge in [0, 0.05) is 89.6 Å². The second-order valence-electron chi connectivity index (χ2n) is 30.5. The van der Waals surface area contributed by atoms with E-state index in [1.807, 2.05) is 30.3 Å². The van der Waals surface area contributed by atoms with Crippen LogP contribution in [0.25, 0.3) is 0 Å². The fourth-order valence-corrected chi connectivity index (χ4v) is 15.5. The van der Waals surface area contributed by atoms with Crippen LogP contribution in [0.4, 0.5) is 56.9 Å². The number of quaternary nitrogens is 5. The van der Waals surface area contributed by atoms with Gasteiger partial charge in [-0.25, -0.2) is 0 Å². The van der Waals surface area contributed by atoms with Crippen molar-refractivity contribution in [2.75, 3.05) is 278 Å². The van der Waals surface area contributed by atoms with Crippen LogP contribution in [-0.2, 0) is 36.8 Å². The van der Waals surface area contributed by atoms with Crippen molar-refractivity contribution >= 4 is 56.9 Å². The molecule has 0 bridgehead atoms. The third kappa shape index (κ3) is 23.4. The summed E-state index contributed by atoms with van der Waals surface area (Å²) in [4.78, 5) is 12.5. The first kappa shape index (κ1) is 80.1. The Kier molecular flexibility index (Phi) is 31.3. The highest BCUT2D eigenvalue weighted by Gasteiger charge is 2.30. The number of benzene rings is 5. The Bertz CT molecular complexity index is 3190. The van der Waals surface area contributed by atoms with Crippen molar-refractivity contribution < 1.29 is 37.4 Å². The fraction of sp³-hybridized carbons (Fsp3) is 0.630. The number of likely N-dealkylation sites (N-methyl/N-ethyl adjacent to an activating group) is 5. The number of morpholine rings is 1. The molecule has 0 unspecified atom stereocenters. The monoisotopic (exact) mass is 1370 g/mol. The van der Waals surface area contributed by atoms with Crippen LogP contribution in [0, 0.1) is 0 Å². The molecule has 0 atom stereocenters. The number of hydrogen-bond donors (Lipinski definition) is 7. The minimum atomic E-state index is 0.247. The molecule has 0 saturated carbocycles. The lowest BCUT2D eigenvalue weighted by atomic mass is 10.0. The number of nitrogens with zero attached hydrogens (tertiary/aromatic N) is 10. The van der Waals surface area contributed by atoms with E-state index >= 15 is 0 Å². The number of rotatable bonds is 26. The Labute approximate surface area is 600 Å². The summed E-state index contributed by atoms with van der Waals surface area (Å²) in [6.07, 6.45) is 12.1. The summed E-state index contributed by atoms with van der Waals surface area (Å²) in [5.74, 6) is 0. The SMILES string of the molecule is CC[N+](C)(CC)CCN1CCCc2ccc(N)cc21.CC[N+](CC)(CC)CCN1CCCc2ccc(N)cc21.CC[N+](CC)(CCO)CCN1CCCc2ccc(N)cc21.C[N+](C)(CCO)CCN1CCCc2ccc(N)cc21.C[N+]1(CCN2CCCc3ccc(N)cc32)CCOCC1. The zero-order valence-corrected chi connectivity index (χ0v) is 64.1. The molecular formula is C81H140N15O3+5. The molecule has 6 aliphatic heterocycles. The summed E-state index contributed by atoms with van der Waals surface area (Å²) in [5.41, 5.74) is 48.0. The Morgan fingerprint density at radius 1 is 0.374 bits per heavy atom. The molecule has 6 heterocycles. The molecule has 0 amide bonds. The van der Waals surface area contributed by atoms with Gasteiger partial charge in [0.25, 0.3) is 0 Å². The Hall–Kier alpha value is -6.22. The molecule has 5 aromatic rings. The summed E-state index contributed by atoms with van der Waals surface area (Å²) in [6.45, 7) is 47.4. The average Bonchev–Trinajstić information content (AvgIpc) is 0.843. The van der Waals surface area contributed by atoms with Crippen molar-refractivity contribution in [3.05, 3.63) is 119 Å². The van der Waals surface area contributed by atoms with E-state index in [1.54, 1.807) is 0 Å². The lowest BCUT2D eigenvalue weighted by Crippen LogP contribution is -2.55. The number of nitrogens with two attached hydrogens (primary N) is 5. The van der Waals surface area contributed by atoms with Gasteiger partial charge in [-0.2, -0.15) is 0 Å². The van der Waals surface area contributed by atoms with Crippen LogP contribution in [-0.4, -0.2) is 257 Å². The maximum atomic E-state index is 9.35. The van der Waals surface area contributed by atoms with Crippen molar-refractivity contribution in [1.82, 2.24) is 0 Å². The van der Waals surface area contributed by atoms with Gasteiger partial charge in [-0.1, -0.05) is 30.3 Å². The van der Waals surface area contributed by atoms with Gasteiger partial charge in [-0.15, -0.1) is 0 Å². The molecular weight excluding hydrogens is 1230 g/mol. The number of nitrogen functional groups attached to an aromatic ring is 5. The number of aliphatic hydroxyl groups excluding tert-OH is 2. The number of ether oxygens (including phenoxy) is 1. The zero-order valence-electron chi connectivity index (χ0n) is 64.1. The van der Waals surface area contributed by atoms with Crippen LogP contribution in [0.5, 0.6) is 0 Å². The zero-order chi connectivity index (χ0) is 71.6. The molecule has 6 aliphatic rings. The third-order valence-electron chi connectivity index (χ3n) is 23.8. The summed E-state index contributed by atoms with van der Waals surface area (Å²) in [5, 5.41) is 18.4. The largest absolute Gasteiger partial charge is 0.399 e.